The maximum Gasteiger partial charge on any atom is 0.199 e. The molecule has 0 saturated carbocycles. The Bertz CT molecular complexity index is 467. The monoisotopic (exact) mass is 225 g/mol. The molecule has 17 heavy (non-hydrogen) atoms. The number of benzene rings is 1. The van der Waals surface area contributed by atoms with Crippen molar-refractivity contribution in [2.75, 3.05) is 11.6 Å². The Labute approximate surface area is 102 Å². The van der Waals surface area contributed by atoms with Gasteiger partial charge in [0.15, 0.2) is 12.4 Å². The van der Waals surface area contributed by atoms with Crippen LogP contribution in [0, 0.1) is 0 Å². The summed E-state index contributed by atoms with van der Waals surface area (Å²) in [5.41, 5.74) is 1.44. The molecule has 2 aromatic rings. The van der Waals surface area contributed by atoms with E-state index in [9.17, 15) is 0 Å². The minimum atomic E-state index is 0.711. The molecular weight excluding hydrogens is 208 g/mol. The van der Waals surface area contributed by atoms with E-state index in [-0.39, 0.29) is 0 Å². The van der Waals surface area contributed by atoms with Crippen LogP contribution in [0.15, 0.2) is 60.9 Å². The highest BCUT2D eigenvalue weighted by Crippen LogP contribution is 2.17. The molecule has 0 amide bonds. The van der Waals surface area contributed by atoms with Crippen LogP contribution in [0.3, 0.4) is 0 Å². The molecule has 1 atom stereocenters. The fourth-order valence-electron chi connectivity index (χ4n) is 2.23. The van der Waals surface area contributed by atoms with Crippen molar-refractivity contribution in [3.63, 3.8) is 0 Å². The van der Waals surface area contributed by atoms with Crippen molar-refractivity contribution in [1.29, 1.82) is 0 Å². The van der Waals surface area contributed by atoms with Crippen LogP contribution in [0.25, 0.3) is 0 Å². The fourth-order valence-corrected chi connectivity index (χ4v) is 2.23. The number of pyridine rings is 1. The zero-order chi connectivity index (χ0) is 11.5. The summed E-state index contributed by atoms with van der Waals surface area (Å²) < 4.78 is 2.19. The first-order valence-corrected chi connectivity index (χ1v) is 6.20. The quantitative estimate of drug-likeness (QED) is 0.569. The van der Waals surface area contributed by atoms with Crippen LogP contribution in [0.2, 0.25) is 0 Å². The largest absolute Gasteiger partial charge is 0.199 e. The van der Waals surface area contributed by atoms with Crippen molar-refractivity contribution in [1.82, 2.24) is 0 Å². The van der Waals surface area contributed by atoms with Gasteiger partial charge in [0.25, 0.3) is 0 Å². The molecule has 3 rings (SSSR count). The van der Waals surface area contributed by atoms with E-state index in [2.05, 4.69) is 70.6 Å². The van der Waals surface area contributed by atoms with E-state index in [0.717, 1.165) is 0 Å². The van der Waals surface area contributed by atoms with Crippen molar-refractivity contribution in [3.8, 4) is 0 Å². The summed E-state index contributed by atoms with van der Waals surface area (Å²) in [7, 11) is 0. The summed E-state index contributed by atoms with van der Waals surface area (Å²) >= 11 is 0. The highest BCUT2D eigenvalue weighted by molar-refractivity contribution is 5.16. The zero-order valence-corrected chi connectivity index (χ0v) is 9.87. The van der Waals surface area contributed by atoms with Gasteiger partial charge in [0.1, 0.15) is 6.04 Å². The molecule has 0 radical (unpaired) electrons. The maximum absolute atomic E-state index is 2.39. The van der Waals surface area contributed by atoms with Crippen LogP contribution in [0.4, 0.5) is 0 Å². The third kappa shape index (κ3) is 2.47. The summed E-state index contributed by atoms with van der Waals surface area (Å²) in [5, 5.41) is 2.39. The number of aromatic nitrogens is 1. The second-order valence-corrected chi connectivity index (χ2v) is 4.56. The predicted molar refractivity (Wildman–Crippen MR) is 68.3 cm³/mol. The second kappa shape index (κ2) is 4.58. The van der Waals surface area contributed by atoms with Gasteiger partial charge in [0.2, 0.25) is 0 Å². The normalized spacial score (nSPS) is 18.1. The average molecular weight is 225 g/mol. The van der Waals surface area contributed by atoms with Crippen LogP contribution in [0.1, 0.15) is 12.0 Å². The van der Waals surface area contributed by atoms with E-state index in [1.165, 1.54) is 24.9 Å². The Morgan fingerprint density at radius 2 is 1.71 bits per heavy atom. The van der Waals surface area contributed by atoms with Gasteiger partial charge in [-0.2, -0.15) is 5.01 Å². The molecule has 2 heteroatoms. The molecule has 1 aliphatic rings. The molecule has 86 valence electrons. The van der Waals surface area contributed by atoms with Crippen molar-refractivity contribution in [2.45, 2.75) is 18.9 Å². The lowest BCUT2D eigenvalue weighted by Gasteiger charge is -2.00. The van der Waals surface area contributed by atoms with Crippen LogP contribution in [-0.2, 0) is 6.42 Å². The minimum Gasteiger partial charge on any atom is -0.173 e. The Balaban J connectivity index is 1.53. The summed E-state index contributed by atoms with van der Waals surface area (Å²) in [6, 6.07) is 17.6. The molecule has 0 aliphatic carbocycles. The number of hydrogen-bond donors (Lipinski definition) is 0. The Hall–Kier alpha value is -1.83. The van der Waals surface area contributed by atoms with Crippen LogP contribution >= 0.6 is 0 Å². The number of nitrogens with zero attached hydrogens (tertiary/aromatic N) is 2. The first-order valence-electron chi connectivity index (χ1n) is 6.20. The van der Waals surface area contributed by atoms with Crippen LogP contribution < -0.4 is 9.69 Å². The molecule has 0 bridgehead atoms. The minimum absolute atomic E-state index is 0.711. The Kier molecular flexibility index (Phi) is 2.78. The molecule has 1 aromatic heterocycles. The van der Waals surface area contributed by atoms with Gasteiger partial charge in [-0.1, -0.05) is 41.1 Å². The van der Waals surface area contributed by atoms with E-state index >= 15 is 0 Å². The molecule has 0 spiro atoms. The molecule has 2 heterocycles. The molecule has 1 fully saturated rings. The third-order valence-electron chi connectivity index (χ3n) is 3.29. The van der Waals surface area contributed by atoms with Crippen molar-refractivity contribution >= 4 is 0 Å². The van der Waals surface area contributed by atoms with Gasteiger partial charge >= 0.3 is 0 Å². The number of hydrogen-bond acceptors (Lipinski definition) is 1. The first kappa shape index (κ1) is 10.3. The van der Waals surface area contributed by atoms with Gasteiger partial charge in [-0.05, 0) is 18.4 Å². The predicted octanol–water partition coefficient (Wildman–Crippen LogP) is 1.93. The lowest BCUT2D eigenvalue weighted by atomic mass is 10.1. The van der Waals surface area contributed by atoms with Crippen LogP contribution in [-0.4, -0.2) is 12.6 Å². The van der Waals surface area contributed by atoms with Gasteiger partial charge in [-0.3, -0.25) is 0 Å². The van der Waals surface area contributed by atoms with E-state index in [4.69, 9.17) is 0 Å². The number of rotatable bonds is 4. The molecule has 1 saturated heterocycles. The van der Waals surface area contributed by atoms with Gasteiger partial charge < -0.3 is 0 Å². The standard InChI is InChI=1S/C15H17N2/c1-3-7-14(8-4-1)9-10-15-13-17(15)16-11-5-2-6-12-16/h1-8,11-12,15H,9-10,13H2/q+1. The van der Waals surface area contributed by atoms with Crippen molar-refractivity contribution < 1.29 is 4.68 Å². The summed E-state index contributed by atoms with van der Waals surface area (Å²) in [5.74, 6) is 0. The molecular formula is C15H17N2+. The summed E-state index contributed by atoms with van der Waals surface area (Å²) in [6.45, 7) is 1.18. The molecule has 0 N–H and O–H groups in total. The number of aryl methyl sites for hydroxylation is 1. The second-order valence-electron chi connectivity index (χ2n) is 4.56. The van der Waals surface area contributed by atoms with E-state index in [1.807, 2.05) is 0 Å². The van der Waals surface area contributed by atoms with Crippen molar-refractivity contribution in [3.05, 3.63) is 66.5 Å². The van der Waals surface area contributed by atoms with Gasteiger partial charge in [-0.15, -0.1) is 0 Å². The van der Waals surface area contributed by atoms with E-state index in [1.54, 1.807) is 0 Å². The molecule has 2 nitrogen and oxygen atoms in total. The van der Waals surface area contributed by atoms with Gasteiger partial charge in [-0.25, -0.2) is 0 Å². The summed E-state index contributed by atoms with van der Waals surface area (Å²) in [6.07, 6.45) is 6.65. The molecule has 1 aliphatic heterocycles. The topological polar surface area (TPSA) is 6.89 Å². The molecule has 1 aromatic carbocycles. The lowest BCUT2D eigenvalue weighted by Crippen LogP contribution is -2.45. The van der Waals surface area contributed by atoms with Gasteiger partial charge in [0, 0.05) is 12.1 Å². The smallest absolute Gasteiger partial charge is 0.173 e. The highest BCUT2D eigenvalue weighted by Gasteiger charge is 2.40. The van der Waals surface area contributed by atoms with Crippen molar-refractivity contribution in [2.24, 2.45) is 0 Å². The van der Waals surface area contributed by atoms with Gasteiger partial charge in [0.05, 0.1) is 6.54 Å². The SMILES string of the molecule is c1ccc(CCC2CN2[n+]2ccccc2)cc1. The Morgan fingerprint density at radius 3 is 2.47 bits per heavy atom. The zero-order valence-electron chi connectivity index (χ0n) is 9.87. The third-order valence-corrected chi connectivity index (χ3v) is 3.29. The Morgan fingerprint density at radius 1 is 1.00 bits per heavy atom. The van der Waals surface area contributed by atoms with E-state index in [0.29, 0.717) is 6.04 Å². The highest BCUT2D eigenvalue weighted by atomic mass is 15.6. The lowest BCUT2D eigenvalue weighted by molar-refractivity contribution is -0.677. The maximum atomic E-state index is 2.39. The first-order chi connectivity index (χ1) is 8.43. The molecule has 1 unspecified atom stereocenters. The van der Waals surface area contributed by atoms with E-state index < -0.39 is 0 Å². The average Bonchev–Trinajstić information content (AvgIpc) is 3.18. The van der Waals surface area contributed by atoms with Crippen LogP contribution in [0.5, 0.6) is 0 Å². The summed E-state index contributed by atoms with van der Waals surface area (Å²) in [4.78, 5) is 0. The fraction of sp³-hybridized carbons (Fsp3) is 0.267.